The van der Waals surface area contributed by atoms with E-state index in [-0.39, 0.29) is 5.60 Å². The molecule has 1 radical (unpaired) electrons. The summed E-state index contributed by atoms with van der Waals surface area (Å²) in [5.41, 5.74) is -0.370. The van der Waals surface area contributed by atoms with Crippen molar-refractivity contribution in [2.75, 3.05) is 0 Å². The smallest absolute Gasteiger partial charge is 0.121 e. The Kier molecular flexibility index (Phi) is 3.21. The highest BCUT2D eigenvalue weighted by Gasteiger charge is 2.16. The first kappa shape index (κ1) is 10.4. The zero-order valence-electron chi connectivity index (χ0n) is 8.01. The average molecular weight is 198 g/mol. The Hall–Kier alpha value is -0.690. The molecule has 0 aliphatic heterocycles. The van der Waals surface area contributed by atoms with E-state index in [1.807, 2.05) is 32.0 Å². The molecule has 0 aliphatic carbocycles. The highest BCUT2D eigenvalue weighted by Crippen LogP contribution is 2.23. The molecule has 0 heterocycles. The van der Waals surface area contributed by atoms with E-state index in [0.29, 0.717) is 5.02 Å². The summed E-state index contributed by atoms with van der Waals surface area (Å²) >= 11 is 5.82. The molecule has 0 saturated heterocycles. The van der Waals surface area contributed by atoms with Crippen molar-refractivity contribution in [3.8, 4) is 5.75 Å². The van der Waals surface area contributed by atoms with Crippen molar-refractivity contribution in [1.82, 2.24) is 0 Å². The quantitative estimate of drug-likeness (QED) is 0.718. The third kappa shape index (κ3) is 3.27. The van der Waals surface area contributed by atoms with Gasteiger partial charge in [0.15, 0.2) is 0 Å². The van der Waals surface area contributed by atoms with Gasteiger partial charge in [0, 0.05) is 5.02 Å². The minimum Gasteiger partial charge on any atom is -0.488 e. The molecule has 1 unspecified atom stereocenters. The lowest BCUT2D eigenvalue weighted by Crippen LogP contribution is -2.27. The molecule has 0 aliphatic rings. The molecule has 1 aromatic rings. The number of ether oxygens (including phenoxy) is 1. The Labute approximate surface area is 84.7 Å². The summed E-state index contributed by atoms with van der Waals surface area (Å²) < 4.78 is 5.64. The molecule has 0 N–H and O–H groups in total. The number of benzene rings is 1. The van der Waals surface area contributed by atoms with Crippen molar-refractivity contribution < 1.29 is 4.74 Å². The van der Waals surface area contributed by atoms with E-state index >= 15 is 0 Å². The lowest BCUT2D eigenvalue weighted by Gasteiger charge is -2.24. The highest BCUT2D eigenvalue weighted by molar-refractivity contribution is 6.30. The van der Waals surface area contributed by atoms with Gasteiger partial charge >= 0.3 is 0 Å². The van der Waals surface area contributed by atoms with Gasteiger partial charge in [-0.2, -0.15) is 0 Å². The summed E-state index contributed by atoms with van der Waals surface area (Å²) in [7, 11) is 0. The van der Waals surface area contributed by atoms with Crippen LogP contribution in [-0.4, -0.2) is 5.60 Å². The molecule has 13 heavy (non-hydrogen) atoms. The summed E-state index contributed by atoms with van der Waals surface area (Å²) in [5, 5.41) is 0.685. The van der Waals surface area contributed by atoms with Crippen molar-refractivity contribution in [3.05, 3.63) is 36.2 Å². The maximum Gasteiger partial charge on any atom is 0.121 e. The second kappa shape index (κ2) is 4.01. The molecule has 1 rings (SSSR count). The van der Waals surface area contributed by atoms with Gasteiger partial charge in [-0.1, -0.05) is 24.6 Å². The SMILES string of the molecule is [CH2]C(C)(CC)Oc1cccc(Cl)c1. The van der Waals surface area contributed by atoms with Gasteiger partial charge in [0.1, 0.15) is 11.4 Å². The lowest BCUT2D eigenvalue weighted by molar-refractivity contribution is 0.133. The molecule has 2 heteroatoms. The van der Waals surface area contributed by atoms with Gasteiger partial charge in [-0.3, -0.25) is 0 Å². The number of rotatable bonds is 3. The Bertz CT molecular complexity index is 281. The van der Waals surface area contributed by atoms with Crippen LogP contribution in [-0.2, 0) is 0 Å². The molecule has 71 valence electrons. The molecular formula is C11H14ClO. The number of hydrogen-bond acceptors (Lipinski definition) is 1. The third-order valence-electron chi connectivity index (χ3n) is 1.91. The van der Waals surface area contributed by atoms with Crippen molar-refractivity contribution >= 4 is 11.6 Å². The summed E-state index contributed by atoms with van der Waals surface area (Å²) in [4.78, 5) is 0. The lowest BCUT2D eigenvalue weighted by atomic mass is 10.1. The van der Waals surface area contributed by atoms with Crippen LogP contribution >= 0.6 is 11.6 Å². The highest BCUT2D eigenvalue weighted by atomic mass is 35.5. The summed E-state index contributed by atoms with van der Waals surface area (Å²) in [6.45, 7) is 7.94. The normalized spacial score (nSPS) is 11.4. The van der Waals surface area contributed by atoms with Crippen LogP contribution in [0.3, 0.4) is 0 Å². The van der Waals surface area contributed by atoms with E-state index in [1.165, 1.54) is 0 Å². The van der Waals surface area contributed by atoms with E-state index in [9.17, 15) is 0 Å². The fourth-order valence-corrected chi connectivity index (χ4v) is 1.07. The second-order valence-corrected chi connectivity index (χ2v) is 3.80. The fourth-order valence-electron chi connectivity index (χ4n) is 0.887. The molecule has 0 spiro atoms. The van der Waals surface area contributed by atoms with Crippen LogP contribution in [0.1, 0.15) is 20.3 Å². The number of hydrogen-bond donors (Lipinski definition) is 0. The third-order valence-corrected chi connectivity index (χ3v) is 2.14. The van der Waals surface area contributed by atoms with Crippen LogP contribution in [0.5, 0.6) is 5.75 Å². The van der Waals surface area contributed by atoms with Crippen LogP contribution in [0, 0.1) is 6.92 Å². The molecule has 0 fully saturated rings. The van der Waals surface area contributed by atoms with Gasteiger partial charge in [0.05, 0.1) is 0 Å². The maximum absolute atomic E-state index is 5.82. The van der Waals surface area contributed by atoms with E-state index < -0.39 is 0 Å². The molecule has 0 saturated carbocycles. The Morgan fingerprint density at radius 1 is 1.54 bits per heavy atom. The van der Waals surface area contributed by atoms with Gasteiger partial charge in [0.2, 0.25) is 0 Å². The molecule has 0 bridgehead atoms. The van der Waals surface area contributed by atoms with E-state index in [1.54, 1.807) is 6.07 Å². The minimum atomic E-state index is -0.370. The van der Waals surface area contributed by atoms with Crippen molar-refractivity contribution in [1.29, 1.82) is 0 Å². The van der Waals surface area contributed by atoms with Crippen LogP contribution in [0.4, 0.5) is 0 Å². The van der Waals surface area contributed by atoms with Gasteiger partial charge in [-0.15, -0.1) is 0 Å². The monoisotopic (exact) mass is 197 g/mol. The van der Waals surface area contributed by atoms with Crippen LogP contribution in [0.25, 0.3) is 0 Å². The van der Waals surface area contributed by atoms with E-state index in [4.69, 9.17) is 16.3 Å². The van der Waals surface area contributed by atoms with E-state index in [2.05, 4.69) is 6.92 Å². The van der Waals surface area contributed by atoms with Gasteiger partial charge in [-0.25, -0.2) is 0 Å². The Morgan fingerprint density at radius 2 is 2.23 bits per heavy atom. The predicted molar refractivity (Wildman–Crippen MR) is 56.1 cm³/mol. The standard InChI is InChI=1S/C11H14ClO/c1-4-11(2,3)13-10-7-5-6-9(12)8-10/h5-8H,2,4H2,1,3H3. The first-order valence-electron chi connectivity index (χ1n) is 4.33. The molecule has 0 aromatic heterocycles. The maximum atomic E-state index is 5.82. The zero-order chi connectivity index (χ0) is 9.90. The molecular weight excluding hydrogens is 184 g/mol. The molecule has 1 nitrogen and oxygen atoms in total. The number of halogens is 1. The van der Waals surface area contributed by atoms with Gasteiger partial charge < -0.3 is 4.74 Å². The van der Waals surface area contributed by atoms with Crippen LogP contribution in [0.2, 0.25) is 5.02 Å². The largest absolute Gasteiger partial charge is 0.488 e. The van der Waals surface area contributed by atoms with Crippen LogP contribution in [0.15, 0.2) is 24.3 Å². The van der Waals surface area contributed by atoms with Gasteiger partial charge in [0.25, 0.3) is 0 Å². The summed E-state index contributed by atoms with van der Waals surface area (Å²) in [6.07, 6.45) is 0.861. The first-order valence-corrected chi connectivity index (χ1v) is 4.71. The second-order valence-electron chi connectivity index (χ2n) is 3.36. The Morgan fingerprint density at radius 3 is 2.77 bits per heavy atom. The average Bonchev–Trinajstić information content (AvgIpc) is 2.03. The fraction of sp³-hybridized carbons (Fsp3) is 0.364. The van der Waals surface area contributed by atoms with E-state index in [0.717, 1.165) is 12.2 Å². The molecule has 0 amide bonds. The topological polar surface area (TPSA) is 9.23 Å². The zero-order valence-corrected chi connectivity index (χ0v) is 8.77. The van der Waals surface area contributed by atoms with Crippen LogP contribution < -0.4 is 4.74 Å². The van der Waals surface area contributed by atoms with Crippen molar-refractivity contribution in [3.63, 3.8) is 0 Å². The Balaban J connectivity index is 2.74. The van der Waals surface area contributed by atoms with Gasteiger partial charge in [-0.05, 0) is 38.5 Å². The predicted octanol–water partition coefficient (Wildman–Crippen LogP) is 3.72. The first-order chi connectivity index (χ1) is 6.03. The summed E-state index contributed by atoms with van der Waals surface area (Å²) in [6, 6.07) is 7.36. The summed E-state index contributed by atoms with van der Waals surface area (Å²) in [5.74, 6) is 0.770. The van der Waals surface area contributed by atoms with Crippen molar-refractivity contribution in [2.45, 2.75) is 25.9 Å². The minimum absolute atomic E-state index is 0.370. The van der Waals surface area contributed by atoms with Crippen molar-refractivity contribution in [2.24, 2.45) is 0 Å². The molecule has 1 aromatic carbocycles. The molecule has 1 atom stereocenters.